The molecular formula is C10H12N4O. The number of furan rings is 1. The van der Waals surface area contributed by atoms with E-state index in [-0.39, 0.29) is 0 Å². The summed E-state index contributed by atoms with van der Waals surface area (Å²) in [5, 5.41) is 2.98. The molecule has 0 aliphatic carbocycles. The monoisotopic (exact) mass is 204 g/mol. The van der Waals surface area contributed by atoms with Gasteiger partial charge in [-0.25, -0.2) is 9.97 Å². The Hall–Kier alpha value is -1.88. The topological polar surface area (TPSA) is 77.0 Å². The minimum Gasteiger partial charge on any atom is -0.461 e. The van der Waals surface area contributed by atoms with Crippen molar-refractivity contribution in [2.75, 3.05) is 12.4 Å². The first-order valence-electron chi connectivity index (χ1n) is 4.62. The Morgan fingerprint density at radius 1 is 1.53 bits per heavy atom. The fourth-order valence-electron chi connectivity index (χ4n) is 1.30. The molecule has 0 radical (unpaired) electrons. The molecule has 2 heterocycles. The molecule has 0 saturated heterocycles. The van der Waals surface area contributed by atoms with Crippen molar-refractivity contribution < 1.29 is 4.42 Å². The highest BCUT2D eigenvalue weighted by Gasteiger charge is 2.07. The second kappa shape index (κ2) is 4.10. The first-order chi connectivity index (χ1) is 7.35. The normalized spacial score (nSPS) is 10.3. The average molecular weight is 204 g/mol. The van der Waals surface area contributed by atoms with Gasteiger partial charge < -0.3 is 15.5 Å². The van der Waals surface area contributed by atoms with Gasteiger partial charge in [-0.2, -0.15) is 0 Å². The first kappa shape index (κ1) is 9.67. The zero-order chi connectivity index (χ0) is 10.7. The van der Waals surface area contributed by atoms with E-state index in [1.165, 1.54) is 0 Å². The number of hydrogen-bond donors (Lipinski definition) is 2. The second-order valence-corrected chi connectivity index (χ2v) is 3.00. The summed E-state index contributed by atoms with van der Waals surface area (Å²) in [6, 6.07) is 3.62. The number of nitrogens with one attached hydrogen (secondary N) is 1. The van der Waals surface area contributed by atoms with E-state index in [1.54, 1.807) is 25.6 Å². The molecule has 0 unspecified atom stereocenters. The Labute approximate surface area is 87.3 Å². The Kier molecular flexibility index (Phi) is 2.64. The van der Waals surface area contributed by atoms with E-state index >= 15 is 0 Å². The molecule has 2 aromatic heterocycles. The molecule has 15 heavy (non-hydrogen) atoms. The van der Waals surface area contributed by atoms with Crippen molar-refractivity contribution in [1.29, 1.82) is 0 Å². The molecule has 78 valence electrons. The maximum atomic E-state index is 5.55. The molecule has 0 atom stereocenters. The lowest BCUT2D eigenvalue weighted by molar-refractivity contribution is 0.577. The van der Waals surface area contributed by atoms with Gasteiger partial charge >= 0.3 is 0 Å². The number of rotatable bonds is 3. The average Bonchev–Trinajstić information content (AvgIpc) is 2.81. The van der Waals surface area contributed by atoms with Crippen LogP contribution in [0.25, 0.3) is 11.6 Å². The molecule has 0 bridgehead atoms. The Bertz CT molecular complexity index is 439. The zero-order valence-corrected chi connectivity index (χ0v) is 8.40. The van der Waals surface area contributed by atoms with E-state index in [2.05, 4.69) is 15.3 Å². The van der Waals surface area contributed by atoms with Crippen molar-refractivity contribution in [3.63, 3.8) is 0 Å². The van der Waals surface area contributed by atoms with Gasteiger partial charge in [0.25, 0.3) is 0 Å². The van der Waals surface area contributed by atoms with Crippen LogP contribution >= 0.6 is 0 Å². The quantitative estimate of drug-likeness (QED) is 0.786. The molecule has 0 spiro atoms. The number of hydrogen-bond acceptors (Lipinski definition) is 5. The summed E-state index contributed by atoms with van der Waals surface area (Å²) in [7, 11) is 1.80. The van der Waals surface area contributed by atoms with Crippen LogP contribution < -0.4 is 11.1 Å². The molecule has 0 saturated carbocycles. The van der Waals surface area contributed by atoms with Gasteiger partial charge in [-0.1, -0.05) is 0 Å². The minimum atomic E-state index is 0.411. The summed E-state index contributed by atoms with van der Waals surface area (Å²) in [4.78, 5) is 8.48. The smallest absolute Gasteiger partial charge is 0.197 e. The van der Waals surface area contributed by atoms with Crippen LogP contribution in [0.2, 0.25) is 0 Å². The van der Waals surface area contributed by atoms with Crippen LogP contribution in [0, 0.1) is 0 Å². The van der Waals surface area contributed by atoms with Crippen LogP contribution in [0.3, 0.4) is 0 Å². The van der Waals surface area contributed by atoms with Crippen molar-refractivity contribution in [2.24, 2.45) is 5.73 Å². The van der Waals surface area contributed by atoms with Gasteiger partial charge in [-0.3, -0.25) is 0 Å². The standard InChI is InChI=1S/C10H12N4O/c1-12-9-7(5-11)6-13-10(14-9)8-3-2-4-15-8/h2-4,6H,5,11H2,1H3,(H,12,13,14). The maximum Gasteiger partial charge on any atom is 0.197 e. The van der Waals surface area contributed by atoms with Crippen molar-refractivity contribution in [2.45, 2.75) is 6.54 Å². The molecule has 2 aromatic rings. The molecule has 0 fully saturated rings. The molecule has 0 aliphatic rings. The molecule has 5 nitrogen and oxygen atoms in total. The molecule has 5 heteroatoms. The van der Waals surface area contributed by atoms with Crippen molar-refractivity contribution in [3.05, 3.63) is 30.2 Å². The van der Waals surface area contributed by atoms with Crippen molar-refractivity contribution in [3.8, 4) is 11.6 Å². The molecule has 0 amide bonds. The van der Waals surface area contributed by atoms with Gasteiger partial charge in [0.15, 0.2) is 11.6 Å². The number of nitrogens with zero attached hydrogens (tertiary/aromatic N) is 2. The third-order valence-corrected chi connectivity index (χ3v) is 2.06. The lowest BCUT2D eigenvalue weighted by Crippen LogP contribution is -2.05. The predicted molar refractivity (Wildman–Crippen MR) is 57.2 cm³/mol. The fraction of sp³-hybridized carbons (Fsp3) is 0.200. The second-order valence-electron chi connectivity index (χ2n) is 3.00. The van der Waals surface area contributed by atoms with E-state index < -0.39 is 0 Å². The number of anilines is 1. The van der Waals surface area contributed by atoms with Gasteiger partial charge in [-0.15, -0.1) is 0 Å². The van der Waals surface area contributed by atoms with Gasteiger partial charge in [0.2, 0.25) is 0 Å². The first-order valence-corrected chi connectivity index (χ1v) is 4.62. The van der Waals surface area contributed by atoms with Crippen LogP contribution in [-0.2, 0) is 6.54 Å². The summed E-state index contributed by atoms with van der Waals surface area (Å²) in [6.07, 6.45) is 3.30. The highest BCUT2D eigenvalue weighted by atomic mass is 16.3. The van der Waals surface area contributed by atoms with Crippen LogP contribution in [0.4, 0.5) is 5.82 Å². The molecule has 0 aromatic carbocycles. The van der Waals surface area contributed by atoms with E-state index in [1.807, 2.05) is 6.07 Å². The summed E-state index contributed by atoms with van der Waals surface area (Å²) in [6.45, 7) is 0.411. The fourth-order valence-corrected chi connectivity index (χ4v) is 1.30. The van der Waals surface area contributed by atoms with Crippen molar-refractivity contribution >= 4 is 5.82 Å². The van der Waals surface area contributed by atoms with E-state index in [0.29, 0.717) is 18.1 Å². The van der Waals surface area contributed by atoms with Crippen LogP contribution in [-0.4, -0.2) is 17.0 Å². The van der Waals surface area contributed by atoms with Crippen molar-refractivity contribution in [1.82, 2.24) is 9.97 Å². The highest BCUT2D eigenvalue weighted by molar-refractivity contribution is 5.52. The molecular weight excluding hydrogens is 192 g/mol. The highest BCUT2D eigenvalue weighted by Crippen LogP contribution is 2.18. The third-order valence-electron chi connectivity index (χ3n) is 2.06. The largest absolute Gasteiger partial charge is 0.461 e. The maximum absolute atomic E-state index is 5.55. The lowest BCUT2D eigenvalue weighted by Gasteiger charge is -2.06. The third kappa shape index (κ3) is 1.82. The Morgan fingerprint density at radius 3 is 3.00 bits per heavy atom. The van der Waals surface area contributed by atoms with Crippen LogP contribution in [0.1, 0.15) is 5.56 Å². The van der Waals surface area contributed by atoms with E-state index in [0.717, 1.165) is 11.4 Å². The zero-order valence-electron chi connectivity index (χ0n) is 8.40. The van der Waals surface area contributed by atoms with Gasteiger partial charge in [-0.05, 0) is 12.1 Å². The predicted octanol–water partition coefficient (Wildman–Crippen LogP) is 1.24. The number of aromatic nitrogens is 2. The summed E-state index contributed by atoms with van der Waals surface area (Å²) < 4.78 is 5.21. The Morgan fingerprint density at radius 2 is 2.40 bits per heavy atom. The summed E-state index contributed by atoms with van der Waals surface area (Å²) in [5.74, 6) is 1.94. The number of nitrogens with two attached hydrogens (primary N) is 1. The van der Waals surface area contributed by atoms with Gasteiger partial charge in [0.05, 0.1) is 6.26 Å². The molecule has 3 N–H and O–H groups in total. The SMILES string of the molecule is CNc1nc(-c2ccco2)ncc1CN. The minimum absolute atomic E-state index is 0.411. The van der Waals surface area contributed by atoms with E-state index in [9.17, 15) is 0 Å². The van der Waals surface area contributed by atoms with E-state index in [4.69, 9.17) is 10.2 Å². The molecule has 0 aliphatic heterocycles. The lowest BCUT2D eigenvalue weighted by atomic mass is 10.3. The summed E-state index contributed by atoms with van der Waals surface area (Å²) >= 11 is 0. The molecule has 2 rings (SSSR count). The van der Waals surface area contributed by atoms with Crippen LogP contribution in [0.15, 0.2) is 29.0 Å². The summed E-state index contributed by atoms with van der Waals surface area (Å²) in [5.41, 5.74) is 6.43. The van der Waals surface area contributed by atoms with Gasteiger partial charge in [0, 0.05) is 25.4 Å². The van der Waals surface area contributed by atoms with Gasteiger partial charge in [0.1, 0.15) is 5.82 Å². The Balaban J connectivity index is 2.43. The van der Waals surface area contributed by atoms with Crippen LogP contribution in [0.5, 0.6) is 0 Å².